The van der Waals surface area contributed by atoms with Gasteiger partial charge in [-0.2, -0.15) is 0 Å². The van der Waals surface area contributed by atoms with Gasteiger partial charge in [0.1, 0.15) is 0 Å². The van der Waals surface area contributed by atoms with Crippen LogP contribution in [0.5, 0.6) is 0 Å². The molecular formula is C25H52. The van der Waals surface area contributed by atoms with Crippen molar-refractivity contribution < 1.29 is 0 Å². The number of hydrogen-bond acceptors (Lipinski definition) is 0. The molecule has 0 aliphatic rings. The molecule has 0 fully saturated rings. The van der Waals surface area contributed by atoms with E-state index in [0.29, 0.717) is 0 Å². The van der Waals surface area contributed by atoms with Gasteiger partial charge in [0.25, 0.3) is 0 Å². The van der Waals surface area contributed by atoms with Crippen LogP contribution in [0.25, 0.3) is 0 Å². The zero-order chi connectivity index (χ0) is 18.6. The molecule has 2 atom stereocenters. The first-order chi connectivity index (χ1) is 12.3. The lowest BCUT2D eigenvalue weighted by molar-refractivity contribution is 0.287. The Bertz CT molecular complexity index is 232. The molecule has 25 heavy (non-hydrogen) atoms. The van der Waals surface area contributed by atoms with E-state index in [0.717, 1.165) is 11.8 Å². The van der Waals surface area contributed by atoms with Gasteiger partial charge in [0.15, 0.2) is 0 Å². The molecule has 0 aromatic carbocycles. The van der Waals surface area contributed by atoms with Crippen molar-refractivity contribution in [3.63, 3.8) is 0 Å². The Kier molecular flexibility index (Phi) is 20.3. The van der Waals surface area contributed by atoms with Crippen molar-refractivity contribution in [2.45, 2.75) is 150 Å². The van der Waals surface area contributed by atoms with Gasteiger partial charge in [-0.1, -0.05) is 143 Å². The molecule has 0 aliphatic heterocycles. The van der Waals surface area contributed by atoms with Gasteiger partial charge < -0.3 is 0 Å². The van der Waals surface area contributed by atoms with Crippen molar-refractivity contribution in [2.75, 3.05) is 0 Å². The fraction of sp³-hybridized carbons (Fsp3) is 1.00. The molecule has 0 radical (unpaired) electrons. The summed E-state index contributed by atoms with van der Waals surface area (Å²) in [4.78, 5) is 0. The summed E-state index contributed by atoms with van der Waals surface area (Å²) in [5, 5.41) is 0. The van der Waals surface area contributed by atoms with E-state index >= 15 is 0 Å². The maximum atomic E-state index is 2.39. The molecule has 0 aromatic heterocycles. The van der Waals surface area contributed by atoms with Crippen LogP contribution in [-0.4, -0.2) is 0 Å². The van der Waals surface area contributed by atoms with Crippen LogP contribution in [0.3, 0.4) is 0 Å². The fourth-order valence-electron chi connectivity index (χ4n) is 4.40. The van der Waals surface area contributed by atoms with Crippen LogP contribution in [0, 0.1) is 11.8 Å². The van der Waals surface area contributed by atoms with Crippen molar-refractivity contribution in [1.82, 2.24) is 0 Å². The highest BCUT2D eigenvalue weighted by atomic mass is 14.2. The second-order valence-electron chi connectivity index (χ2n) is 8.66. The van der Waals surface area contributed by atoms with E-state index in [9.17, 15) is 0 Å². The number of rotatable bonds is 20. The summed E-state index contributed by atoms with van der Waals surface area (Å²) in [5.74, 6) is 2.05. The van der Waals surface area contributed by atoms with E-state index in [1.807, 2.05) is 0 Å². The molecular weight excluding hydrogens is 300 g/mol. The first-order valence-corrected chi connectivity index (χ1v) is 12.3. The van der Waals surface area contributed by atoms with Gasteiger partial charge in [-0.3, -0.25) is 0 Å². The molecule has 0 saturated heterocycles. The fourth-order valence-corrected chi connectivity index (χ4v) is 4.40. The molecule has 0 aromatic rings. The molecule has 0 nitrogen and oxygen atoms in total. The molecule has 152 valence electrons. The highest BCUT2D eigenvalue weighted by molar-refractivity contribution is 4.68. The molecule has 0 amide bonds. The van der Waals surface area contributed by atoms with Gasteiger partial charge in [-0.15, -0.1) is 0 Å². The Balaban J connectivity index is 4.24. The Morgan fingerprint density at radius 3 is 1.12 bits per heavy atom. The third kappa shape index (κ3) is 17.2. The highest BCUT2D eigenvalue weighted by Gasteiger charge is 2.16. The summed E-state index contributed by atoms with van der Waals surface area (Å²) in [6, 6.07) is 0. The van der Waals surface area contributed by atoms with Crippen LogP contribution in [0.2, 0.25) is 0 Å². The number of unbranched alkanes of at least 4 members (excludes halogenated alkanes) is 10. The molecule has 0 spiro atoms. The predicted molar refractivity (Wildman–Crippen MR) is 117 cm³/mol. The van der Waals surface area contributed by atoms with Gasteiger partial charge >= 0.3 is 0 Å². The SMILES string of the molecule is CCCCCCCC(CCCCCC)CC(CCC)CCCCCC. The summed E-state index contributed by atoms with van der Waals surface area (Å²) < 4.78 is 0. The van der Waals surface area contributed by atoms with Crippen molar-refractivity contribution in [1.29, 1.82) is 0 Å². The largest absolute Gasteiger partial charge is 0.0654 e. The lowest BCUT2D eigenvalue weighted by atomic mass is 9.82. The zero-order valence-electron chi connectivity index (χ0n) is 18.6. The Labute approximate surface area is 161 Å². The molecule has 2 unspecified atom stereocenters. The standard InChI is InChI=1S/C25H52/c1-5-9-12-15-18-22-25(21-17-14-11-7-3)23-24(19-8-4)20-16-13-10-6-2/h24-25H,5-23H2,1-4H3. The topological polar surface area (TPSA) is 0 Å². The molecule has 0 rings (SSSR count). The van der Waals surface area contributed by atoms with Crippen molar-refractivity contribution in [3.8, 4) is 0 Å². The van der Waals surface area contributed by atoms with Gasteiger partial charge in [0, 0.05) is 0 Å². The molecule has 0 saturated carbocycles. The Hall–Kier alpha value is 0. The minimum atomic E-state index is 1.02. The first-order valence-electron chi connectivity index (χ1n) is 12.3. The van der Waals surface area contributed by atoms with E-state index < -0.39 is 0 Å². The van der Waals surface area contributed by atoms with Crippen molar-refractivity contribution >= 4 is 0 Å². The van der Waals surface area contributed by atoms with E-state index in [1.165, 1.54) is 116 Å². The predicted octanol–water partition coefficient (Wildman–Crippen LogP) is 9.71. The first kappa shape index (κ1) is 25.0. The summed E-state index contributed by atoms with van der Waals surface area (Å²) in [7, 11) is 0. The average molecular weight is 353 g/mol. The van der Waals surface area contributed by atoms with Gasteiger partial charge in [0.05, 0.1) is 0 Å². The maximum absolute atomic E-state index is 2.39. The van der Waals surface area contributed by atoms with Crippen molar-refractivity contribution in [2.24, 2.45) is 11.8 Å². The van der Waals surface area contributed by atoms with E-state index in [-0.39, 0.29) is 0 Å². The van der Waals surface area contributed by atoms with E-state index in [4.69, 9.17) is 0 Å². The van der Waals surface area contributed by atoms with Gasteiger partial charge in [-0.25, -0.2) is 0 Å². The monoisotopic (exact) mass is 352 g/mol. The highest BCUT2D eigenvalue weighted by Crippen LogP contribution is 2.30. The minimum absolute atomic E-state index is 1.02. The van der Waals surface area contributed by atoms with Gasteiger partial charge in [-0.05, 0) is 18.3 Å². The third-order valence-corrected chi connectivity index (χ3v) is 6.01. The summed E-state index contributed by atoms with van der Waals surface area (Å²) >= 11 is 0. The minimum Gasteiger partial charge on any atom is -0.0654 e. The third-order valence-electron chi connectivity index (χ3n) is 6.01. The van der Waals surface area contributed by atoms with E-state index in [1.54, 1.807) is 6.42 Å². The Morgan fingerprint density at radius 1 is 0.360 bits per heavy atom. The second-order valence-corrected chi connectivity index (χ2v) is 8.66. The van der Waals surface area contributed by atoms with Crippen LogP contribution in [0.1, 0.15) is 150 Å². The second kappa shape index (κ2) is 20.3. The van der Waals surface area contributed by atoms with E-state index in [2.05, 4.69) is 27.7 Å². The average Bonchev–Trinajstić information content (AvgIpc) is 2.61. The Morgan fingerprint density at radius 2 is 0.720 bits per heavy atom. The molecule has 0 bridgehead atoms. The summed E-state index contributed by atoms with van der Waals surface area (Å²) in [5.41, 5.74) is 0. The van der Waals surface area contributed by atoms with Crippen LogP contribution >= 0.6 is 0 Å². The zero-order valence-corrected chi connectivity index (χ0v) is 18.6. The maximum Gasteiger partial charge on any atom is -0.0412 e. The quantitative estimate of drug-likeness (QED) is 0.191. The van der Waals surface area contributed by atoms with Crippen molar-refractivity contribution in [3.05, 3.63) is 0 Å². The number of hydrogen-bond donors (Lipinski definition) is 0. The normalized spacial score (nSPS) is 13.9. The molecule has 0 aliphatic carbocycles. The van der Waals surface area contributed by atoms with Crippen LogP contribution in [-0.2, 0) is 0 Å². The smallest absolute Gasteiger partial charge is 0.0412 e. The lowest BCUT2D eigenvalue weighted by Gasteiger charge is -2.24. The molecule has 0 heteroatoms. The van der Waals surface area contributed by atoms with Crippen LogP contribution in [0.15, 0.2) is 0 Å². The molecule has 0 heterocycles. The lowest BCUT2D eigenvalue weighted by Crippen LogP contribution is -2.10. The van der Waals surface area contributed by atoms with Crippen LogP contribution < -0.4 is 0 Å². The van der Waals surface area contributed by atoms with Gasteiger partial charge in [0.2, 0.25) is 0 Å². The molecule has 0 N–H and O–H groups in total. The van der Waals surface area contributed by atoms with Crippen LogP contribution in [0.4, 0.5) is 0 Å². The summed E-state index contributed by atoms with van der Waals surface area (Å²) in [6.45, 7) is 9.37. The summed E-state index contributed by atoms with van der Waals surface area (Å²) in [6.07, 6.45) is 27.7.